The lowest BCUT2D eigenvalue weighted by molar-refractivity contribution is -0.113. The summed E-state index contributed by atoms with van der Waals surface area (Å²) in [5.74, 6) is 0.830. The molecule has 1 fully saturated rings. The van der Waals surface area contributed by atoms with Gasteiger partial charge in [-0.25, -0.2) is 4.79 Å². The van der Waals surface area contributed by atoms with Crippen LogP contribution in [0.5, 0.6) is 23.3 Å². The Balaban J connectivity index is 1.38. The number of thioether (sulfide) groups is 1. The summed E-state index contributed by atoms with van der Waals surface area (Å²) in [7, 11) is 5.92. The van der Waals surface area contributed by atoms with Crippen LogP contribution in [0.2, 0.25) is 10.0 Å². The summed E-state index contributed by atoms with van der Waals surface area (Å²) in [6.45, 7) is 0.0870. The minimum absolute atomic E-state index is 0.0213. The molecule has 0 saturated carbocycles. The number of methoxy groups -OCH3 is 2. The highest BCUT2D eigenvalue weighted by atomic mass is 35.5. The number of hydrogen-bond donors (Lipinski definition) is 0. The van der Waals surface area contributed by atoms with E-state index in [4.69, 9.17) is 49.6 Å². The number of benzene rings is 3. The fraction of sp³-hybridized carbons (Fsp3) is 0.156. The molecule has 3 heterocycles. The monoisotopic (exact) mass is 709 g/mol. The van der Waals surface area contributed by atoms with Gasteiger partial charge >= 0.3 is 11.7 Å². The SMILES string of the molecule is COc1cc(/C=C2\SC(=S)N(c3ccccc3OC)C2=O)ccc1Oc1nc2c(c(=O)n(C)c(=O)n2C)n1Cc1ccc(Cl)cc1Cl. The van der Waals surface area contributed by atoms with Crippen molar-refractivity contribution in [3.8, 4) is 23.3 Å². The van der Waals surface area contributed by atoms with E-state index in [1.165, 1.54) is 49.5 Å². The highest BCUT2D eigenvalue weighted by molar-refractivity contribution is 8.27. The van der Waals surface area contributed by atoms with E-state index in [0.29, 0.717) is 47.6 Å². The van der Waals surface area contributed by atoms with E-state index in [1.807, 2.05) is 6.07 Å². The molecule has 5 aromatic rings. The van der Waals surface area contributed by atoms with Crippen LogP contribution in [0.25, 0.3) is 17.2 Å². The first-order valence-corrected chi connectivity index (χ1v) is 15.9. The minimum atomic E-state index is -0.553. The van der Waals surface area contributed by atoms with Crippen LogP contribution in [0.1, 0.15) is 11.1 Å². The van der Waals surface area contributed by atoms with Crippen molar-refractivity contribution in [3.05, 3.63) is 108 Å². The van der Waals surface area contributed by atoms with Gasteiger partial charge in [0.2, 0.25) is 0 Å². The summed E-state index contributed by atoms with van der Waals surface area (Å²) in [6.07, 6.45) is 1.71. The fourth-order valence-corrected chi connectivity index (χ4v) is 6.82. The number of fused-ring (bicyclic) bond motifs is 1. The third-order valence-corrected chi connectivity index (χ3v) is 9.35. The Labute approximate surface area is 287 Å². The van der Waals surface area contributed by atoms with Gasteiger partial charge in [-0.1, -0.05) is 71.4 Å². The van der Waals surface area contributed by atoms with Crippen molar-refractivity contribution in [1.82, 2.24) is 18.7 Å². The number of hydrogen-bond acceptors (Lipinski definition) is 9. The van der Waals surface area contributed by atoms with Gasteiger partial charge < -0.3 is 14.2 Å². The average Bonchev–Trinajstić information content (AvgIpc) is 3.55. The molecule has 0 bridgehead atoms. The number of thiocarbonyl (C=S) groups is 1. The summed E-state index contributed by atoms with van der Waals surface area (Å²) in [4.78, 5) is 45.9. The summed E-state index contributed by atoms with van der Waals surface area (Å²) in [5.41, 5.74) is 1.02. The van der Waals surface area contributed by atoms with Crippen molar-refractivity contribution in [2.75, 3.05) is 19.1 Å². The van der Waals surface area contributed by atoms with Crippen molar-refractivity contribution in [2.24, 2.45) is 14.1 Å². The Bertz CT molecular complexity index is 2260. The first kappa shape index (κ1) is 32.4. The molecule has 0 aliphatic carbocycles. The first-order valence-electron chi connectivity index (χ1n) is 13.9. The lowest BCUT2D eigenvalue weighted by Crippen LogP contribution is -2.37. The van der Waals surface area contributed by atoms with Gasteiger partial charge in [0, 0.05) is 24.1 Å². The number of imidazole rings is 1. The zero-order valence-electron chi connectivity index (χ0n) is 25.3. The number of aromatic nitrogens is 4. The maximum atomic E-state index is 13.4. The van der Waals surface area contributed by atoms with Crippen LogP contribution in [0.15, 0.2) is 75.2 Å². The molecule has 3 aromatic carbocycles. The topological polar surface area (TPSA) is 110 Å². The maximum Gasteiger partial charge on any atom is 0.332 e. The zero-order valence-corrected chi connectivity index (χ0v) is 28.5. The molecule has 2 aromatic heterocycles. The van der Waals surface area contributed by atoms with Crippen LogP contribution in [-0.2, 0) is 25.4 Å². The molecule has 6 rings (SSSR count). The Kier molecular flexibility index (Phi) is 8.90. The predicted octanol–water partition coefficient (Wildman–Crippen LogP) is 6.00. The molecule has 0 N–H and O–H groups in total. The Morgan fingerprint density at radius 2 is 1.66 bits per heavy atom. The number of para-hydroxylation sites is 2. The van der Waals surface area contributed by atoms with Crippen molar-refractivity contribution < 1.29 is 19.0 Å². The molecule has 47 heavy (non-hydrogen) atoms. The third-order valence-electron chi connectivity index (χ3n) is 7.46. The van der Waals surface area contributed by atoms with Crippen LogP contribution < -0.4 is 30.4 Å². The number of ether oxygens (including phenoxy) is 3. The van der Waals surface area contributed by atoms with Crippen molar-refractivity contribution in [1.29, 1.82) is 0 Å². The van der Waals surface area contributed by atoms with Crippen LogP contribution in [0, 0.1) is 0 Å². The van der Waals surface area contributed by atoms with Gasteiger partial charge in [0.25, 0.3) is 11.5 Å². The molecule has 0 unspecified atom stereocenters. The smallest absolute Gasteiger partial charge is 0.332 e. The molecule has 15 heteroatoms. The van der Waals surface area contributed by atoms with Crippen molar-refractivity contribution >= 4 is 80.3 Å². The zero-order chi connectivity index (χ0) is 33.6. The van der Waals surface area contributed by atoms with Gasteiger partial charge in [-0.15, -0.1) is 0 Å². The highest BCUT2D eigenvalue weighted by Crippen LogP contribution is 2.41. The second-order valence-corrected chi connectivity index (χ2v) is 12.8. The van der Waals surface area contributed by atoms with Gasteiger partial charge in [0.1, 0.15) is 5.75 Å². The lowest BCUT2D eigenvalue weighted by Gasteiger charge is -2.17. The molecule has 11 nitrogen and oxygen atoms in total. The number of carbonyl (C=O) groups excluding carboxylic acids is 1. The molecule has 1 aliphatic rings. The third kappa shape index (κ3) is 5.91. The highest BCUT2D eigenvalue weighted by Gasteiger charge is 2.35. The fourth-order valence-electron chi connectivity index (χ4n) is 5.07. The minimum Gasteiger partial charge on any atom is -0.495 e. The van der Waals surface area contributed by atoms with Crippen LogP contribution in [-0.4, -0.2) is 43.1 Å². The van der Waals surface area contributed by atoms with E-state index in [1.54, 1.807) is 65.2 Å². The number of aryl methyl sites for hydroxylation is 1. The van der Waals surface area contributed by atoms with Crippen LogP contribution in [0.3, 0.4) is 0 Å². The maximum absolute atomic E-state index is 13.4. The van der Waals surface area contributed by atoms with Crippen LogP contribution in [0.4, 0.5) is 5.69 Å². The molecule has 1 aliphatic heterocycles. The quantitative estimate of drug-likeness (QED) is 0.141. The van der Waals surface area contributed by atoms with Gasteiger partial charge in [0.05, 0.1) is 31.4 Å². The van der Waals surface area contributed by atoms with Crippen molar-refractivity contribution in [2.45, 2.75) is 6.54 Å². The Morgan fingerprint density at radius 1 is 0.915 bits per heavy atom. The van der Waals surface area contributed by atoms with Gasteiger partial charge in [-0.3, -0.25) is 28.2 Å². The number of rotatable bonds is 8. The summed E-state index contributed by atoms with van der Waals surface area (Å²) in [5, 5.41) is 0.834. The number of anilines is 1. The van der Waals surface area contributed by atoms with Crippen LogP contribution >= 0.6 is 47.2 Å². The second-order valence-electron chi connectivity index (χ2n) is 10.3. The van der Waals surface area contributed by atoms with E-state index in [0.717, 1.165) is 4.57 Å². The molecular formula is C32H25Cl2N5O6S2. The normalized spacial score (nSPS) is 14.0. The molecule has 1 saturated heterocycles. The number of carbonyl (C=O) groups is 1. The first-order chi connectivity index (χ1) is 22.5. The van der Waals surface area contributed by atoms with E-state index in [9.17, 15) is 14.4 Å². The molecule has 0 radical (unpaired) electrons. The molecule has 0 spiro atoms. The predicted molar refractivity (Wildman–Crippen MR) is 187 cm³/mol. The lowest BCUT2D eigenvalue weighted by atomic mass is 10.1. The molecule has 240 valence electrons. The molecule has 1 amide bonds. The summed E-state index contributed by atoms with van der Waals surface area (Å²) >= 11 is 19.3. The largest absolute Gasteiger partial charge is 0.495 e. The number of amides is 1. The number of nitrogens with zero attached hydrogens (tertiary/aromatic N) is 5. The Morgan fingerprint density at radius 3 is 2.38 bits per heavy atom. The molecular weight excluding hydrogens is 685 g/mol. The molecule has 0 atom stereocenters. The van der Waals surface area contributed by atoms with E-state index in [-0.39, 0.29) is 35.4 Å². The summed E-state index contributed by atoms with van der Waals surface area (Å²) in [6, 6.07) is 17.3. The van der Waals surface area contributed by atoms with E-state index in [2.05, 4.69) is 4.98 Å². The standard InChI is InChI=1S/C32H25Cl2N5O6S2/c1-36-27-26(29(41)37(2)31(36)42)38(16-18-10-11-19(33)15-20(18)34)30(35-27)45-23-12-9-17(13-24(23)44-4)14-25-28(40)39(32(46)47-25)21-7-5-6-8-22(21)43-3/h5-15H,16H2,1-4H3/b25-14-. The van der Waals surface area contributed by atoms with E-state index < -0.39 is 11.2 Å². The average molecular weight is 711 g/mol. The number of halogens is 2. The van der Waals surface area contributed by atoms with Gasteiger partial charge in [-0.2, -0.15) is 4.98 Å². The Hall–Kier alpha value is -4.56. The summed E-state index contributed by atoms with van der Waals surface area (Å²) < 4.78 is 21.5. The van der Waals surface area contributed by atoms with E-state index >= 15 is 0 Å². The van der Waals surface area contributed by atoms with Crippen molar-refractivity contribution in [3.63, 3.8) is 0 Å². The van der Waals surface area contributed by atoms with Gasteiger partial charge in [-0.05, 0) is 53.6 Å². The van der Waals surface area contributed by atoms with Gasteiger partial charge in [0.15, 0.2) is 27.0 Å². The second kappa shape index (κ2) is 12.9.